The SMILES string of the molecule is CCOc1c(C)cc(CN=O)cc1C. The summed E-state index contributed by atoms with van der Waals surface area (Å²) in [6.07, 6.45) is 0. The molecule has 0 radical (unpaired) electrons. The van der Waals surface area contributed by atoms with E-state index in [1.165, 1.54) is 0 Å². The van der Waals surface area contributed by atoms with Gasteiger partial charge in [0.15, 0.2) is 0 Å². The highest BCUT2D eigenvalue weighted by Gasteiger charge is 2.05. The van der Waals surface area contributed by atoms with E-state index in [9.17, 15) is 4.91 Å². The first-order valence-corrected chi connectivity index (χ1v) is 4.71. The van der Waals surface area contributed by atoms with E-state index < -0.39 is 0 Å². The maximum atomic E-state index is 10.1. The van der Waals surface area contributed by atoms with Crippen LogP contribution < -0.4 is 4.74 Å². The van der Waals surface area contributed by atoms with Crippen molar-refractivity contribution in [3.05, 3.63) is 33.7 Å². The predicted molar refractivity (Wildman–Crippen MR) is 56.6 cm³/mol. The molecule has 1 aromatic rings. The molecule has 0 aliphatic heterocycles. The number of hydrogen-bond donors (Lipinski definition) is 0. The predicted octanol–water partition coefficient (Wildman–Crippen LogP) is 2.97. The molecule has 0 aliphatic rings. The molecule has 76 valence electrons. The highest BCUT2D eigenvalue weighted by Crippen LogP contribution is 2.24. The molecule has 0 heterocycles. The van der Waals surface area contributed by atoms with Gasteiger partial charge in [-0.05, 0) is 37.5 Å². The zero-order chi connectivity index (χ0) is 10.6. The molecule has 0 unspecified atom stereocenters. The van der Waals surface area contributed by atoms with Crippen LogP contribution >= 0.6 is 0 Å². The van der Waals surface area contributed by atoms with E-state index >= 15 is 0 Å². The number of nitrogens with zero attached hydrogens (tertiary/aromatic N) is 1. The van der Waals surface area contributed by atoms with E-state index in [1.807, 2.05) is 32.9 Å². The Morgan fingerprint density at radius 1 is 1.29 bits per heavy atom. The van der Waals surface area contributed by atoms with Gasteiger partial charge < -0.3 is 4.74 Å². The highest BCUT2D eigenvalue weighted by atomic mass is 16.5. The third-order valence-electron chi connectivity index (χ3n) is 2.06. The van der Waals surface area contributed by atoms with E-state index in [0.717, 1.165) is 22.4 Å². The first-order chi connectivity index (χ1) is 6.69. The molecular weight excluding hydrogens is 178 g/mol. The maximum absolute atomic E-state index is 10.1. The Labute approximate surface area is 84.1 Å². The van der Waals surface area contributed by atoms with Crippen molar-refractivity contribution in [1.29, 1.82) is 0 Å². The topological polar surface area (TPSA) is 38.7 Å². The average Bonchev–Trinajstić information content (AvgIpc) is 2.12. The van der Waals surface area contributed by atoms with Crippen LogP contribution in [0.25, 0.3) is 0 Å². The minimum Gasteiger partial charge on any atom is -0.493 e. The summed E-state index contributed by atoms with van der Waals surface area (Å²) < 4.78 is 5.49. The van der Waals surface area contributed by atoms with Gasteiger partial charge in [0.25, 0.3) is 0 Å². The molecule has 0 amide bonds. The molecule has 14 heavy (non-hydrogen) atoms. The fourth-order valence-corrected chi connectivity index (χ4v) is 1.58. The van der Waals surface area contributed by atoms with Crippen molar-refractivity contribution in [1.82, 2.24) is 0 Å². The van der Waals surface area contributed by atoms with Crippen LogP contribution in [0.1, 0.15) is 23.6 Å². The van der Waals surface area contributed by atoms with Crippen LogP contribution in [0.15, 0.2) is 17.3 Å². The smallest absolute Gasteiger partial charge is 0.125 e. The molecule has 0 fully saturated rings. The normalized spacial score (nSPS) is 9.93. The summed E-state index contributed by atoms with van der Waals surface area (Å²) in [7, 11) is 0. The van der Waals surface area contributed by atoms with E-state index in [2.05, 4.69) is 5.18 Å². The molecule has 3 heteroatoms. The van der Waals surface area contributed by atoms with Gasteiger partial charge in [-0.15, -0.1) is 0 Å². The summed E-state index contributed by atoms with van der Waals surface area (Å²) in [5.41, 5.74) is 3.06. The quantitative estimate of drug-likeness (QED) is 0.689. The first-order valence-electron chi connectivity index (χ1n) is 4.71. The molecule has 0 saturated heterocycles. The lowest BCUT2D eigenvalue weighted by Crippen LogP contribution is -1.98. The lowest BCUT2D eigenvalue weighted by Gasteiger charge is -2.11. The molecule has 0 aromatic heterocycles. The van der Waals surface area contributed by atoms with Crippen molar-refractivity contribution in [2.45, 2.75) is 27.3 Å². The summed E-state index contributed by atoms with van der Waals surface area (Å²) in [4.78, 5) is 10.1. The van der Waals surface area contributed by atoms with Gasteiger partial charge in [-0.25, -0.2) is 0 Å². The molecule has 0 N–H and O–H groups in total. The Morgan fingerprint density at radius 3 is 2.29 bits per heavy atom. The minimum absolute atomic E-state index is 0.230. The molecule has 1 aromatic carbocycles. The van der Waals surface area contributed by atoms with Gasteiger partial charge in [-0.1, -0.05) is 17.3 Å². The Morgan fingerprint density at radius 2 is 1.86 bits per heavy atom. The van der Waals surface area contributed by atoms with Crippen molar-refractivity contribution >= 4 is 0 Å². The summed E-state index contributed by atoms with van der Waals surface area (Å²) in [5, 5.41) is 2.87. The van der Waals surface area contributed by atoms with Gasteiger partial charge in [-0.2, -0.15) is 4.91 Å². The molecule has 0 atom stereocenters. The van der Waals surface area contributed by atoms with E-state index in [1.54, 1.807) is 0 Å². The standard InChI is InChI=1S/C11H15NO2/c1-4-14-11-8(2)5-10(7-12-13)6-9(11)3/h5-6H,4,7H2,1-3H3. The van der Waals surface area contributed by atoms with E-state index in [4.69, 9.17) is 4.74 Å². The monoisotopic (exact) mass is 193 g/mol. The highest BCUT2D eigenvalue weighted by molar-refractivity contribution is 5.43. The molecular formula is C11H15NO2. The number of hydrogen-bond acceptors (Lipinski definition) is 3. The summed E-state index contributed by atoms with van der Waals surface area (Å²) in [6, 6.07) is 3.89. The second-order valence-electron chi connectivity index (χ2n) is 3.28. The Hall–Kier alpha value is -1.38. The van der Waals surface area contributed by atoms with Gasteiger partial charge in [0.05, 0.1) is 6.61 Å². The van der Waals surface area contributed by atoms with Gasteiger partial charge in [-0.3, -0.25) is 0 Å². The Kier molecular flexibility index (Phi) is 3.63. The van der Waals surface area contributed by atoms with Crippen LogP contribution in [0.3, 0.4) is 0 Å². The van der Waals surface area contributed by atoms with E-state index in [-0.39, 0.29) is 6.54 Å². The van der Waals surface area contributed by atoms with Gasteiger partial charge in [0.2, 0.25) is 0 Å². The number of ether oxygens (including phenoxy) is 1. The molecule has 1 rings (SSSR count). The van der Waals surface area contributed by atoms with E-state index in [0.29, 0.717) is 6.61 Å². The van der Waals surface area contributed by atoms with Crippen molar-refractivity contribution in [3.63, 3.8) is 0 Å². The largest absolute Gasteiger partial charge is 0.493 e. The van der Waals surface area contributed by atoms with Crippen molar-refractivity contribution in [2.24, 2.45) is 5.18 Å². The second-order valence-corrected chi connectivity index (χ2v) is 3.28. The van der Waals surface area contributed by atoms with Crippen LogP contribution in [-0.4, -0.2) is 6.61 Å². The fourth-order valence-electron chi connectivity index (χ4n) is 1.58. The van der Waals surface area contributed by atoms with Gasteiger partial charge in [0, 0.05) is 0 Å². The fraction of sp³-hybridized carbons (Fsp3) is 0.455. The zero-order valence-corrected chi connectivity index (χ0v) is 8.83. The second kappa shape index (κ2) is 4.74. The Bertz CT molecular complexity index is 311. The number of nitroso groups, excluding NO2 is 1. The number of aryl methyl sites for hydroxylation is 2. The van der Waals surface area contributed by atoms with Crippen molar-refractivity contribution in [2.75, 3.05) is 6.61 Å². The van der Waals surface area contributed by atoms with Crippen LogP contribution in [0.4, 0.5) is 0 Å². The molecule has 0 saturated carbocycles. The first kappa shape index (κ1) is 10.7. The van der Waals surface area contributed by atoms with Crippen LogP contribution in [0.5, 0.6) is 5.75 Å². The number of benzene rings is 1. The van der Waals surface area contributed by atoms with Gasteiger partial charge in [0.1, 0.15) is 12.3 Å². The summed E-state index contributed by atoms with van der Waals surface area (Å²) >= 11 is 0. The van der Waals surface area contributed by atoms with Gasteiger partial charge >= 0.3 is 0 Å². The molecule has 3 nitrogen and oxygen atoms in total. The minimum atomic E-state index is 0.230. The third-order valence-corrected chi connectivity index (χ3v) is 2.06. The Balaban J connectivity index is 3.04. The molecule has 0 aliphatic carbocycles. The van der Waals surface area contributed by atoms with Crippen LogP contribution in [0.2, 0.25) is 0 Å². The van der Waals surface area contributed by atoms with Crippen molar-refractivity contribution < 1.29 is 4.74 Å². The van der Waals surface area contributed by atoms with Crippen LogP contribution in [0, 0.1) is 18.8 Å². The lowest BCUT2D eigenvalue weighted by atomic mass is 10.1. The number of rotatable bonds is 4. The maximum Gasteiger partial charge on any atom is 0.125 e. The molecule has 0 spiro atoms. The molecule has 0 bridgehead atoms. The van der Waals surface area contributed by atoms with Crippen LogP contribution in [-0.2, 0) is 6.54 Å². The summed E-state index contributed by atoms with van der Waals surface area (Å²) in [6.45, 7) is 6.80. The average molecular weight is 193 g/mol. The third kappa shape index (κ3) is 2.31. The van der Waals surface area contributed by atoms with Crippen molar-refractivity contribution in [3.8, 4) is 5.75 Å². The zero-order valence-electron chi connectivity index (χ0n) is 8.83. The lowest BCUT2D eigenvalue weighted by molar-refractivity contribution is 0.335. The summed E-state index contributed by atoms with van der Waals surface area (Å²) in [5.74, 6) is 0.919.